The Labute approximate surface area is 141 Å². The van der Waals surface area contributed by atoms with Crippen LogP contribution >= 0.6 is 33.9 Å². The van der Waals surface area contributed by atoms with E-state index in [0.717, 1.165) is 23.4 Å². The molecular weight excluding hydrogens is 397 g/mol. The molecule has 4 nitrogen and oxygen atoms in total. The molecule has 1 unspecified atom stereocenters. The van der Waals surface area contributed by atoms with Crippen molar-refractivity contribution in [2.24, 2.45) is 11.0 Å². The van der Waals surface area contributed by atoms with Gasteiger partial charge in [-0.25, -0.2) is 4.98 Å². The van der Waals surface area contributed by atoms with Gasteiger partial charge in [0.1, 0.15) is 0 Å². The van der Waals surface area contributed by atoms with Gasteiger partial charge in [0.25, 0.3) is 5.91 Å². The lowest BCUT2D eigenvalue weighted by atomic mass is 10.0. The van der Waals surface area contributed by atoms with E-state index in [-0.39, 0.29) is 11.8 Å². The first kappa shape index (κ1) is 14.6. The van der Waals surface area contributed by atoms with E-state index in [9.17, 15) is 4.79 Å². The number of anilines is 1. The van der Waals surface area contributed by atoms with Crippen LogP contribution in [0.5, 0.6) is 0 Å². The highest BCUT2D eigenvalue weighted by Gasteiger charge is 2.34. The number of amides is 1. The largest absolute Gasteiger partial charge is 0.272 e. The van der Waals surface area contributed by atoms with Gasteiger partial charge in [-0.05, 0) is 48.1 Å². The lowest BCUT2D eigenvalue weighted by Crippen LogP contribution is -2.26. The number of carbonyl (C=O) groups excluding carboxylic acids is 1. The predicted octanol–water partition coefficient (Wildman–Crippen LogP) is 4.16. The van der Waals surface area contributed by atoms with E-state index in [1.54, 1.807) is 0 Å². The van der Waals surface area contributed by atoms with Crippen molar-refractivity contribution in [3.8, 4) is 11.3 Å². The van der Waals surface area contributed by atoms with E-state index < -0.39 is 0 Å². The maximum absolute atomic E-state index is 12.3. The van der Waals surface area contributed by atoms with Crippen LogP contribution < -0.4 is 5.01 Å². The molecular formula is C15H14IN3OS. The minimum Gasteiger partial charge on any atom is -0.272 e. The van der Waals surface area contributed by atoms with Crippen LogP contribution in [0.2, 0.25) is 0 Å². The second kappa shape index (κ2) is 5.84. The molecule has 1 amide bonds. The molecule has 1 aliphatic rings. The summed E-state index contributed by atoms with van der Waals surface area (Å²) < 4.78 is 1.19. The fourth-order valence-corrected chi connectivity index (χ4v) is 3.47. The standard InChI is InChI=1S/C15H14IN3OS/c1-3-12-9(2)18-19(14(12)20)15-17-13(8-21-15)10-4-6-11(16)7-5-10/h4-8,12H,3H2,1-2H3. The second-order valence-corrected chi connectivity index (χ2v) is 6.96. The van der Waals surface area contributed by atoms with E-state index in [4.69, 9.17) is 0 Å². The second-order valence-electron chi connectivity index (χ2n) is 4.87. The van der Waals surface area contributed by atoms with E-state index >= 15 is 0 Å². The van der Waals surface area contributed by atoms with Gasteiger partial charge < -0.3 is 0 Å². The number of carbonyl (C=O) groups is 1. The van der Waals surface area contributed by atoms with Crippen molar-refractivity contribution >= 4 is 50.7 Å². The summed E-state index contributed by atoms with van der Waals surface area (Å²) >= 11 is 3.72. The Kier molecular flexibility index (Phi) is 4.08. The molecule has 0 radical (unpaired) electrons. The fraction of sp³-hybridized carbons (Fsp3) is 0.267. The molecule has 0 bridgehead atoms. The first-order chi connectivity index (χ1) is 10.1. The molecule has 0 saturated carbocycles. The number of rotatable bonds is 3. The molecule has 0 saturated heterocycles. The molecule has 1 aromatic heterocycles. The minimum absolute atomic E-state index is 0.0264. The Morgan fingerprint density at radius 1 is 1.33 bits per heavy atom. The SMILES string of the molecule is CCC1C(=O)N(c2nc(-c3ccc(I)cc3)cs2)N=C1C. The van der Waals surface area contributed by atoms with E-state index in [1.807, 2.05) is 43.5 Å². The fourth-order valence-electron chi connectivity index (χ4n) is 2.32. The van der Waals surface area contributed by atoms with Crippen molar-refractivity contribution in [1.82, 2.24) is 4.98 Å². The van der Waals surface area contributed by atoms with Crippen molar-refractivity contribution in [3.63, 3.8) is 0 Å². The Morgan fingerprint density at radius 3 is 2.67 bits per heavy atom. The smallest absolute Gasteiger partial charge is 0.258 e. The van der Waals surface area contributed by atoms with Crippen molar-refractivity contribution in [2.75, 3.05) is 5.01 Å². The zero-order chi connectivity index (χ0) is 15.0. The van der Waals surface area contributed by atoms with Crippen LogP contribution in [0.25, 0.3) is 11.3 Å². The van der Waals surface area contributed by atoms with Gasteiger partial charge in [-0.3, -0.25) is 4.79 Å². The summed E-state index contributed by atoms with van der Waals surface area (Å²) in [5.74, 6) is -0.0748. The molecule has 2 heterocycles. The quantitative estimate of drug-likeness (QED) is 0.712. The Bertz CT molecular complexity index is 708. The van der Waals surface area contributed by atoms with Gasteiger partial charge in [-0.15, -0.1) is 11.3 Å². The summed E-state index contributed by atoms with van der Waals surface area (Å²) in [5.41, 5.74) is 2.80. The van der Waals surface area contributed by atoms with Crippen LogP contribution in [0.1, 0.15) is 20.3 Å². The molecule has 3 rings (SSSR count). The topological polar surface area (TPSA) is 45.6 Å². The molecule has 0 aliphatic carbocycles. The average Bonchev–Trinajstić information content (AvgIpc) is 3.05. The third-order valence-electron chi connectivity index (χ3n) is 3.49. The highest BCUT2D eigenvalue weighted by Crippen LogP contribution is 2.31. The molecule has 0 fully saturated rings. The number of hydrogen-bond donors (Lipinski definition) is 0. The van der Waals surface area contributed by atoms with Crippen LogP contribution in [0.3, 0.4) is 0 Å². The Hall–Kier alpha value is -1.28. The molecule has 1 atom stereocenters. The van der Waals surface area contributed by atoms with Crippen molar-refractivity contribution in [2.45, 2.75) is 20.3 Å². The van der Waals surface area contributed by atoms with Crippen molar-refractivity contribution < 1.29 is 4.79 Å². The molecule has 2 aromatic rings. The third-order valence-corrected chi connectivity index (χ3v) is 5.03. The normalized spacial score (nSPS) is 18.2. The first-order valence-corrected chi connectivity index (χ1v) is 8.66. The summed E-state index contributed by atoms with van der Waals surface area (Å²) in [7, 11) is 0. The molecule has 0 N–H and O–H groups in total. The minimum atomic E-state index is -0.101. The van der Waals surface area contributed by atoms with Gasteiger partial charge in [0.05, 0.1) is 11.6 Å². The molecule has 0 spiro atoms. The van der Waals surface area contributed by atoms with Gasteiger partial charge in [-0.2, -0.15) is 10.1 Å². The van der Waals surface area contributed by atoms with Crippen LogP contribution in [0.15, 0.2) is 34.7 Å². The maximum Gasteiger partial charge on any atom is 0.258 e. The lowest BCUT2D eigenvalue weighted by Gasteiger charge is -2.09. The number of benzene rings is 1. The van der Waals surface area contributed by atoms with Crippen LogP contribution in [0, 0.1) is 9.49 Å². The highest BCUT2D eigenvalue weighted by molar-refractivity contribution is 14.1. The van der Waals surface area contributed by atoms with Crippen molar-refractivity contribution in [3.05, 3.63) is 33.2 Å². The molecule has 6 heteroatoms. The van der Waals surface area contributed by atoms with Gasteiger partial charge >= 0.3 is 0 Å². The summed E-state index contributed by atoms with van der Waals surface area (Å²) in [6.07, 6.45) is 0.778. The van der Waals surface area contributed by atoms with Gasteiger partial charge in [0.2, 0.25) is 5.13 Å². The first-order valence-electron chi connectivity index (χ1n) is 6.70. The Morgan fingerprint density at radius 2 is 2.05 bits per heavy atom. The number of aromatic nitrogens is 1. The summed E-state index contributed by atoms with van der Waals surface area (Å²) in [6.45, 7) is 3.91. The highest BCUT2D eigenvalue weighted by atomic mass is 127. The summed E-state index contributed by atoms with van der Waals surface area (Å²) in [5, 5.41) is 8.42. The summed E-state index contributed by atoms with van der Waals surface area (Å²) in [6, 6.07) is 8.17. The van der Waals surface area contributed by atoms with Crippen LogP contribution in [-0.4, -0.2) is 16.6 Å². The zero-order valence-electron chi connectivity index (χ0n) is 11.7. The van der Waals surface area contributed by atoms with E-state index in [1.165, 1.54) is 19.9 Å². The number of halogens is 1. The molecule has 21 heavy (non-hydrogen) atoms. The monoisotopic (exact) mass is 411 g/mol. The number of hydrogen-bond acceptors (Lipinski definition) is 4. The van der Waals surface area contributed by atoms with Gasteiger partial charge in [-0.1, -0.05) is 19.1 Å². The Balaban J connectivity index is 1.89. The summed E-state index contributed by atoms with van der Waals surface area (Å²) in [4.78, 5) is 16.9. The average molecular weight is 411 g/mol. The molecule has 108 valence electrons. The van der Waals surface area contributed by atoms with E-state index in [2.05, 4.69) is 32.7 Å². The molecule has 1 aliphatic heterocycles. The predicted molar refractivity (Wildman–Crippen MR) is 94.6 cm³/mol. The molecule has 1 aromatic carbocycles. The van der Waals surface area contributed by atoms with Crippen molar-refractivity contribution in [1.29, 1.82) is 0 Å². The van der Waals surface area contributed by atoms with Gasteiger partial charge in [0, 0.05) is 20.2 Å². The lowest BCUT2D eigenvalue weighted by molar-refractivity contribution is -0.119. The number of hydrazone groups is 1. The van der Waals surface area contributed by atoms with E-state index in [0.29, 0.717) is 5.13 Å². The van der Waals surface area contributed by atoms with Gasteiger partial charge in [0.15, 0.2) is 0 Å². The maximum atomic E-state index is 12.3. The number of nitrogens with zero attached hydrogens (tertiary/aromatic N) is 3. The zero-order valence-corrected chi connectivity index (χ0v) is 14.7. The number of thiazole rings is 1. The van der Waals surface area contributed by atoms with Crippen LogP contribution in [-0.2, 0) is 4.79 Å². The third kappa shape index (κ3) is 2.74. The van der Waals surface area contributed by atoms with Crippen LogP contribution in [0.4, 0.5) is 5.13 Å².